The molecule has 1 aromatic rings. The number of aromatic hydroxyl groups is 1. The lowest BCUT2D eigenvalue weighted by Gasteiger charge is -2.31. The van der Waals surface area contributed by atoms with Gasteiger partial charge < -0.3 is 9.84 Å². The van der Waals surface area contributed by atoms with Gasteiger partial charge in [-0.05, 0) is 17.7 Å². The molecule has 1 aliphatic rings. The minimum absolute atomic E-state index is 0.132. The maximum absolute atomic E-state index is 9.38. The highest BCUT2D eigenvalue weighted by molar-refractivity contribution is 6.18. The summed E-state index contributed by atoms with van der Waals surface area (Å²) in [6.07, 6.45) is 0.132. The van der Waals surface area contributed by atoms with E-state index in [-0.39, 0.29) is 6.10 Å². The molecular formula is C12H16ClNO2. The summed E-state index contributed by atoms with van der Waals surface area (Å²) in [5.74, 6) is 0.857. The predicted octanol–water partition coefficient (Wildman–Crippen LogP) is 1.83. The number of hydrogen-bond donors (Lipinski definition) is 1. The average molecular weight is 242 g/mol. The standard InChI is InChI=1S/C12H16ClNO2/c13-7-12-9-14(4-5-16-12)8-10-2-1-3-11(15)6-10/h1-3,6,12,15H,4-5,7-9H2. The van der Waals surface area contributed by atoms with Crippen LogP contribution >= 0.6 is 11.6 Å². The average Bonchev–Trinajstić information content (AvgIpc) is 2.29. The van der Waals surface area contributed by atoms with Crippen molar-refractivity contribution < 1.29 is 9.84 Å². The highest BCUT2D eigenvalue weighted by atomic mass is 35.5. The van der Waals surface area contributed by atoms with Gasteiger partial charge in [0.1, 0.15) is 5.75 Å². The van der Waals surface area contributed by atoms with Gasteiger partial charge in [0.2, 0.25) is 0 Å². The number of phenolic OH excluding ortho intramolecular Hbond substituents is 1. The Kier molecular flexibility index (Phi) is 4.04. The highest BCUT2D eigenvalue weighted by Crippen LogP contribution is 2.15. The Labute approximate surface area is 101 Å². The SMILES string of the molecule is Oc1cccc(CN2CCOC(CCl)C2)c1. The molecule has 0 amide bonds. The minimum atomic E-state index is 0.132. The van der Waals surface area contributed by atoms with Crippen molar-refractivity contribution in [3.8, 4) is 5.75 Å². The number of phenols is 1. The molecule has 0 saturated carbocycles. The molecule has 1 fully saturated rings. The van der Waals surface area contributed by atoms with Crippen LogP contribution in [0, 0.1) is 0 Å². The van der Waals surface area contributed by atoms with Crippen LogP contribution in [0.15, 0.2) is 24.3 Å². The van der Waals surface area contributed by atoms with Crippen molar-refractivity contribution in [1.29, 1.82) is 0 Å². The van der Waals surface area contributed by atoms with E-state index >= 15 is 0 Å². The number of hydrogen-bond acceptors (Lipinski definition) is 3. The van der Waals surface area contributed by atoms with Gasteiger partial charge in [-0.25, -0.2) is 0 Å². The Hall–Kier alpha value is -0.770. The third-order valence-electron chi connectivity index (χ3n) is 2.71. The van der Waals surface area contributed by atoms with E-state index in [9.17, 15) is 5.11 Å². The molecule has 0 aliphatic carbocycles. The van der Waals surface area contributed by atoms with Crippen molar-refractivity contribution in [3.63, 3.8) is 0 Å². The van der Waals surface area contributed by atoms with Crippen LogP contribution in [-0.4, -0.2) is 41.7 Å². The molecule has 1 unspecified atom stereocenters. The lowest BCUT2D eigenvalue weighted by Crippen LogP contribution is -2.42. The summed E-state index contributed by atoms with van der Waals surface area (Å²) in [7, 11) is 0. The van der Waals surface area contributed by atoms with Gasteiger partial charge in [-0.1, -0.05) is 12.1 Å². The Balaban J connectivity index is 1.94. The van der Waals surface area contributed by atoms with Crippen LogP contribution in [0.5, 0.6) is 5.75 Å². The van der Waals surface area contributed by atoms with E-state index < -0.39 is 0 Å². The van der Waals surface area contributed by atoms with Crippen molar-refractivity contribution in [2.75, 3.05) is 25.6 Å². The highest BCUT2D eigenvalue weighted by Gasteiger charge is 2.19. The van der Waals surface area contributed by atoms with Crippen molar-refractivity contribution in [2.24, 2.45) is 0 Å². The van der Waals surface area contributed by atoms with Gasteiger partial charge in [0, 0.05) is 25.5 Å². The van der Waals surface area contributed by atoms with E-state index in [1.807, 2.05) is 12.1 Å². The predicted molar refractivity (Wildman–Crippen MR) is 63.8 cm³/mol. The smallest absolute Gasteiger partial charge is 0.115 e. The summed E-state index contributed by atoms with van der Waals surface area (Å²) in [5.41, 5.74) is 1.12. The van der Waals surface area contributed by atoms with E-state index in [4.69, 9.17) is 16.3 Å². The largest absolute Gasteiger partial charge is 0.508 e. The van der Waals surface area contributed by atoms with Crippen LogP contribution in [0.2, 0.25) is 0 Å². The van der Waals surface area contributed by atoms with Gasteiger partial charge >= 0.3 is 0 Å². The number of benzene rings is 1. The molecular weight excluding hydrogens is 226 g/mol. The van der Waals surface area contributed by atoms with Gasteiger partial charge in [-0.3, -0.25) is 4.90 Å². The Morgan fingerprint density at radius 2 is 2.38 bits per heavy atom. The third kappa shape index (κ3) is 3.11. The monoisotopic (exact) mass is 241 g/mol. The van der Waals surface area contributed by atoms with Crippen LogP contribution in [-0.2, 0) is 11.3 Å². The van der Waals surface area contributed by atoms with E-state index in [2.05, 4.69) is 4.90 Å². The van der Waals surface area contributed by atoms with Crippen molar-refractivity contribution in [1.82, 2.24) is 4.90 Å². The van der Waals surface area contributed by atoms with Gasteiger partial charge in [0.05, 0.1) is 12.7 Å². The molecule has 1 aliphatic heterocycles. The lowest BCUT2D eigenvalue weighted by molar-refractivity contribution is -0.0194. The molecule has 1 N–H and O–H groups in total. The summed E-state index contributed by atoms with van der Waals surface area (Å²) < 4.78 is 5.50. The van der Waals surface area contributed by atoms with Gasteiger partial charge in [0.15, 0.2) is 0 Å². The second-order valence-corrected chi connectivity index (χ2v) is 4.36. The van der Waals surface area contributed by atoms with Crippen LogP contribution < -0.4 is 0 Å². The number of rotatable bonds is 3. The van der Waals surface area contributed by atoms with Crippen molar-refractivity contribution in [2.45, 2.75) is 12.6 Å². The Morgan fingerprint density at radius 1 is 1.50 bits per heavy atom. The molecule has 0 spiro atoms. The zero-order valence-corrected chi connectivity index (χ0v) is 9.86. The minimum Gasteiger partial charge on any atom is -0.508 e. The molecule has 3 nitrogen and oxygen atoms in total. The Morgan fingerprint density at radius 3 is 3.12 bits per heavy atom. The lowest BCUT2D eigenvalue weighted by atomic mass is 10.2. The number of morpholine rings is 1. The molecule has 0 aromatic heterocycles. The second kappa shape index (κ2) is 5.53. The van der Waals surface area contributed by atoms with Crippen molar-refractivity contribution >= 4 is 11.6 Å². The summed E-state index contributed by atoms with van der Waals surface area (Å²) in [6.45, 7) is 3.35. The summed E-state index contributed by atoms with van der Waals surface area (Å²) >= 11 is 5.78. The number of alkyl halides is 1. The van der Waals surface area contributed by atoms with Crippen LogP contribution in [0.3, 0.4) is 0 Å². The number of nitrogens with zero attached hydrogens (tertiary/aromatic N) is 1. The molecule has 0 radical (unpaired) electrons. The van der Waals surface area contributed by atoms with Crippen molar-refractivity contribution in [3.05, 3.63) is 29.8 Å². The van der Waals surface area contributed by atoms with Crippen LogP contribution in [0.4, 0.5) is 0 Å². The second-order valence-electron chi connectivity index (χ2n) is 4.05. The molecule has 1 aromatic carbocycles. The first-order chi connectivity index (χ1) is 7.78. The molecule has 2 rings (SSSR count). The zero-order chi connectivity index (χ0) is 11.4. The maximum Gasteiger partial charge on any atom is 0.115 e. The van der Waals surface area contributed by atoms with Gasteiger partial charge in [-0.15, -0.1) is 11.6 Å². The number of ether oxygens (including phenoxy) is 1. The van der Waals surface area contributed by atoms with Gasteiger partial charge in [-0.2, -0.15) is 0 Å². The van der Waals surface area contributed by atoms with E-state index in [1.54, 1.807) is 12.1 Å². The first kappa shape index (κ1) is 11.7. The summed E-state index contributed by atoms with van der Waals surface area (Å²) in [5, 5.41) is 9.38. The quantitative estimate of drug-likeness (QED) is 0.820. The van der Waals surface area contributed by atoms with E-state index in [1.165, 1.54) is 0 Å². The van der Waals surface area contributed by atoms with Crippen LogP contribution in [0.1, 0.15) is 5.56 Å². The van der Waals surface area contributed by atoms with E-state index in [0.29, 0.717) is 11.6 Å². The molecule has 0 bridgehead atoms. The first-order valence-electron chi connectivity index (χ1n) is 5.46. The normalized spacial score (nSPS) is 22.2. The molecule has 1 heterocycles. The molecule has 1 atom stereocenters. The van der Waals surface area contributed by atoms with E-state index in [0.717, 1.165) is 31.8 Å². The fraction of sp³-hybridized carbons (Fsp3) is 0.500. The maximum atomic E-state index is 9.38. The van der Waals surface area contributed by atoms with Gasteiger partial charge in [0.25, 0.3) is 0 Å². The molecule has 1 saturated heterocycles. The Bertz CT molecular complexity index is 346. The topological polar surface area (TPSA) is 32.7 Å². The fourth-order valence-corrected chi connectivity index (χ4v) is 2.12. The zero-order valence-electron chi connectivity index (χ0n) is 9.10. The molecule has 88 valence electrons. The summed E-state index contributed by atoms with van der Waals surface area (Å²) in [4.78, 5) is 2.30. The third-order valence-corrected chi connectivity index (χ3v) is 3.06. The first-order valence-corrected chi connectivity index (χ1v) is 5.99. The van der Waals surface area contributed by atoms with Crippen LogP contribution in [0.25, 0.3) is 0 Å². The molecule has 16 heavy (non-hydrogen) atoms. The fourth-order valence-electron chi connectivity index (χ4n) is 1.93. The summed E-state index contributed by atoms with van der Waals surface area (Å²) in [6, 6.07) is 7.37. The molecule has 4 heteroatoms. The number of halogens is 1.